The molecule has 0 atom stereocenters. The van der Waals surface area contributed by atoms with Crippen LogP contribution in [0.2, 0.25) is 5.15 Å². The third kappa shape index (κ3) is 3.68. The zero-order valence-electron chi connectivity index (χ0n) is 9.59. The highest BCUT2D eigenvalue weighted by molar-refractivity contribution is 7.16. The van der Waals surface area contributed by atoms with Crippen molar-refractivity contribution >= 4 is 34.2 Å². The summed E-state index contributed by atoms with van der Waals surface area (Å²) >= 11 is 6.68. The van der Waals surface area contributed by atoms with Gasteiger partial charge in [0.2, 0.25) is 0 Å². The van der Waals surface area contributed by atoms with Crippen molar-refractivity contribution in [2.75, 3.05) is 5.32 Å². The molecule has 1 amide bonds. The van der Waals surface area contributed by atoms with E-state index in [4.69, 9.17) is 21.6 Å². The highest BCUT2D eigenvalue weighted by Gasteiger charge is 2.11. The van der Waals surface area contributed by atoms with Gasteiger partial charge in [-0.3, -0.25) is 5.32 Å². The minimum Gasteiger partial charge on any atom is -0.444 e. The van der Waals surface area contributed by atoms with Crippen molar-refractivity contribution in [2.45, 2.75) is 6.61 Å². The molecular weight excluding hydrogens is 286 g/mol. The lowest BCUT2D eigenvalue weighted by molar-refractivity contribution is 0.155. The van der Waals surface area contributed by atoms with Crippen molar-refractivity contribution in [1.29, 1.82) is 5.26 Å². The molecule has 0 aliphatic carbocycles. The highest BCUT2D eigenvalue weighted by atomic mass is 35.5. The first-order valence-electron chi connectivity index (χ1n) is 5.23. The lowest BCUT2D eigenvalue weighted by Gasteiger charge is -2.04. The molecule has 0 radical (unpaired) electrons. The molecule has 96 valence electrons. The number of amides is 1. The maximum Gasteiger partial charge on any atom is 0.413 e. The topological polar surface area (TPSA) is 75.0 Å². The van der Waals surface area contributed by atoms with Crippen LogP contribution in [-0.2, 0) is 11.3 Å². The Morgan fingerprint density at radius 1 is 1.47 bits per heavy atom. The molecule has 2 rings (SSSR count). The number of hydrogen-bond acceptors (Lipinski definition) is 5. The lowest BCUT2D eigenvalue weighted by Crippen LogP contribution is -2.13. The fraction of sp³-hybridized carbons (Fsp3) is 0.0833. The minimum atomic E-state index is -0.640. The fourth-order valence-electron chi connectivity index (χ4n) is 1.27. The van der Waals surface area contributed by atoms with Gasteiger partial charge in [-0.25, -0.2) is 9.78 Å². The Labute approximate surface area is 118 Å². The Morgan fingerprint density at radius 3 is 2.84 bits per heavy atom. The van der Waals surface area contributed by atoms with Crippen molar-refractivity contribution < 1.29 is 9.53 Å². The Bertz CT molecular complexity index is 622. The number of aromatic nitrogens is 1. The van der Waals surface area contributed by atoms with Gasteiger partial charge in [0.15, 0.2) is 10.3 Å². The summed E-state index contributed by atoms with van der Waals surface area (Å²) in [6, 6.07) is 11.2. The third-order valence-electron chi connectivity index (χ3n) is 2.11. The molecule has 1 aromatic carbocycles. The summed E-state index contributed by atoms with van der Waals surface area (Å²) in [5.74, 6) is 0. The van der Waals surface area contributed by atoms with E-state index in [1.165, 1.54) is 0 Å². The number of rotatable bonds is 3. The standard InChI is InChI=1S/C12H8ClN3O2S/c13-10-9(6-14)19-11(15-10)16-12(17)18-7-8-4-2-1-3-5-8/h1-5H,7H2,(H,15,16,17). The summed E-state index contributed by atoms with van der Waals surface area (Å²) in [6.45, 7) is 0.164. The number of carbonyl (C=O) groups excluding carboxylic acids is 1. The number of benzene rings is 1. The summed E-state index contributed by atoms with van der Waals surface area (Å²) < 4.78 is 5.01. The number of carbonyl (C=O) groups is 1. The van der Waals surface area contributed by atoms with Gasteiger partial charge in [0.05, 0.1) is 0 Å². The van der Waals surface area contributed by atoms with Crippen LogP contribution < -0.4 is 5.32 Å². The second-order valence-corrected chi connectivity index (χ2v) is 4.79. The van der Waals surface area contributed by atoms with Crippen molar-refractivity contribution in [3.63, 3.8) is 0 Å². The molecule has 1 aromatic heterocycles. The number of nitriles is 1. The number of halogens is 1. The molecule has 5 nitrogen and oxygen atoms in total. The van der Waals surface area contributed by atoms with Crippen LogP contribution >= 0.6 is 22.9 Å². The zero-order valence-corrected chi connectivity index (χ0v) is 11.2. The highest BCUT2D eigenvalue weighted by Crippen LogP contribution is 2.25. The molecule has 19 heavy (non-hydrogen) atoms. The quantitative estimate of drug-likeness (QED) is 0.941. The summed E-state index contributed by atoms with van der Waals surface area (Å²) in [6.07, 6.45) is -0.640. The van der Waals surface area contributed by atoms with E-state index in [2.05, 4.69) is 10.3 Å². The number of nitrogens with zero attached hydrogens (tertiary/aromatic N) is 2. The van der Waals surface area contributed by atoms with Gasteiger partial charge in [-0.1, -0.05) is 53.3 Å². The second-order valence-electron chi connectivity index (χ2n) is 3.44. The number of thiazole rings is 1. The summed E-state index contributed by atoms with van der Waals surface area (Å²) in [5.41, 5.74) is 0.882. The molecule has 1 N–H and O–H groups in total. The van der Waals surface area contributed by atoms with Crippen LogP contribution in [0.25, 0.3) is 0 Å². The molecule has 0 bridgehead atoms. The van der Waals surface area contributed by atoms with Gasteiger partial charge in [-0.2, -0.15) is 5.26 Å². The molecule has 0 aliphatic rings. The zero-order chi connectivity index (χ0) is 13.7. The van der Waals surface area contributed by atoms with Crippen LogP contribution in [0.1, 0.15) is 10.4 Å². The van der Waals surface area contributed by atoms with Gasteiger partial charge < -0.3 is 4.74 Å². The molecule has 0 fully saturated rings. The Morgan fingerprint density at radius 2 is 2.21 bits per heavy atom. The Kier molecular flexibility index (Phi) is 4.34. The number of hydrogen-bond donors (Lipinski definition) is 1. The van der Waals surface area contributed by atoms with Gasteiger partial charge in [-0.15, -0.1) is 0 Å². The normalized spacial score (nSPS) is 9.68. The van der Waals surface area contributed by atoms with E-state index in [0.717, 1.165) is 16.9 Å². The Hall–Kier alpha value is -2.10. The molecule has 0 aliphatic heterocycles. The maximum atomic E-state index is 11.5. The summed E-state index contributed by atoms with van der Waals surface area (Å²) in [7, 11) is 0. The van der Waals surface area contributed by atoms with E-state index in [0.29, 0.717) is 0 Å². The molecule has 0 unspecified atom stereocenters. The van der Waals surface area contributed by atoms with Gasteiger partial charge in [0, 0.05) is 0 Å². The molecule has 0 saturated carbocycles. The molecule has 1 heterocycles. The monoisotopic (exact) mass is 293 g/mol. The number of nitrogens with one attached hydrogen (secondary N) is 1. The van der Waals surface area contributed by atoms with E-state index in [9.17, 15) is 4.79 Å². The van der Waals surface area contributed by atoms with Gasteiger partial charge in [0.25, 0.3) is 0 Å². The lowest BCUT2D eigenvalue weighted by atomic mass is 10.2. The maximum absolute atomic E-state index is 11.5. The molecule has 0 spiro atoms. The van der Waals surface area contributed by atoms with Crippen molar-refractivity contribution in [1.82, 2.24) is 4.98 Å². The van der Waals surface area contributed by atoms with E-state index in [-0.39, 0.29) is 21.8 Å². The van der Waals surface area contributed by atoms with E-state index >= 15 is 0 Å². The first-order valence-corrected chi connectivity index (χ1v) is 6.42. The Balaban J connectivity index is 1.89. The number of ether oxygens (including phenoxy) is 1. The third-order valence-corrected chi connectivity index (χ3v) is 3.37. The van der Waals surface area contributed by atoms with Crippen molar-refractivity contribution in [3.05, 3.63) is 45.9 Å². The average molecular weight is 294 g/mol. The SMILES string of the molecule is N#Cc1sc(NC(=O)OCc2ccccc2)nc1Cl. The van der Waals surface area contributed by atoms with Crippen LogP contribution in [0.15, 0.2) is 30.3 Å². The first-order chi connectivity index (χ1) is 9.19. The van der Waals surface area contributed by atoms with Crippen LogP contribution in [0.3, 0.4) is 0 Å². The first kappa shape index (κ1) is 13.3. The average Bonchev–Trinajstić information content (AvgIpc) is 2.77. The smallest absolute Gasteiger partial charge is 0.413 e. The van der Waals surface area contributed by atoms with Gasteiger partial charge >= 0.3 is 6.09 Å². The molecular formula is C12H8ClN3O2S. The predicted molar refractivity (Wildman–Crippen MR) is 72.1 cm³/mol. The van der Waals surface area contributed by atoms with E-state index in [1.54, 1.807) is 0 Å². The molecule has 0 saturated heterocycles. The minimum absolute atomic E-state index is 0.0749. The van der Waals surface area contributed by atoms with Crippen molar-refractivity contribution in [2.24, 2.45) is 0 Å². The van der Waals surface area contributed by atoms with Crippen LogP contribution in [0.4, 0.5) is 9.93 Å². The number of anilines is 1. The van der Waals surface area contributed by atoms with Crippen molar-refractivity contribution in [3.8, 4) is 6.07 Å². The molecule has 2 aromatic rings. The van der Waals surface area contributed by atoms with Gasteiger partial charge in [0.1, 0.15) is 17.6 Å². The van der Waals surface area contributed by atoms with E-state index < -0.39 is 6.09 Å². The summed E-state index contributed by atoms with van der Waals surface area (Å²) in [5, 5.41) is 11.4. The summed E-state index contributed by atoms with van der Waals surface area (Å²) in [4.78, 5) is 15.6. The largest absolute Gasteiger partial charge is 0.444 e. The fourth-order valence-corrected chi connectivity index (χ4v) is 2.20. The van der Waals surface area contributed by atoms with Crippen LogP contribution in [0, 0.1) is 11.3 Å². The van der Waals surface area contributed by atoms with Gasteiger partial charge in [-0.05, 0) is 5.56 Å². The molecule has 7 heteroatoms. The van der Waals surface area contributed by atoms with E-state index in [1.807, 2.05) is 36.4 Å². The second kappa shape index (κ2) is 6.18. The van der Waals surface area contributed by atoms with Crippen LogP contribution in [-0.4, -0.2) is 11.1 Å². The predicted octanol–water partition coefficient (Wildman–Crippen LogP) is 3.42. The van der Waals surface area contributed by atoms with Crippen LogP contribution in [0.5, 0.6) is 0 Å².